The number of hydrogen-bond donors (Lipinski definition) is 3. The Balaban J connectivity index is 1.76. The van der Waals surface area contributed by atoms with Crippen molar-refractivity contribution in [3.63, 3.8) is 0 Å². The second-order valence-corrected chi connectivity index (χ2v) is 7.84. The van der Waals surface area contributed by atoms with E-state index in [1.807, 2.05) is 50.2 Å². The van der Waals surface area contributed by atoms with E-state index < -0.39 is 0 Å². The number of nitrogens with one attached hydrogen (secondary N) is 3. The molecule has 0 aliphatic carbocycles. The Morgan fingerprint density at radius 1 is 0.967 bits per heavy atom. The summed E-state index contributed by atoms with van der Waals surface area (Å²) in [5.41, 5.74) is 4.06. The smallest absolute Gasteiger partial charge is 0.323 e. The third-order valence-corrected chi connectivity index (χ3v) is 5.56. The monoisotopic (exact) mass is 408 g/mol. The van der Waals surface area contributed by atoms with Crippen LogP contribution < -0.4 is 20.9 Å². The second kappa shape index (κ2) is 10.1. The van der Waals surface area contributed by atoms with Gasteiger partial charge in [0.05, 0.1) is 5.56 Å². The van der Waals surface area contributed by atoms with Crippen LogP contribution >= 0.6 is 0 Å². The molecule has 1 aliphatic heterocycles. The fourth-order valence-electron chi connectivity index (χ4n) is 3.55. The van der Waals surface area contributed by atoms with E-state index in [0.29, 0.717) is 11.3 Å². The average Bonchev–Trinajstić information content (AvgIpc) is 3.28. The summed E-state index contributed by atoms with van der Waals surface area (Å²) in [6.07, 6.45) is 4.08. The summed E-state index contributed by atoms with van der Waals surface area (Å²) in [6.45, 7) is 8.03. The van der Waals surface area contributed by atoms with Gasteiger partial charge in [-0.3, -0.25) is 4.79 Å². The summed E-state index contributed by atoms with van der Waals surface area (Å²) in [5, 5.41) is 8.74. The molecule has 30 heavy (non-hydrogen) atoms. The number of rotatable bonds is 7. The lowest BCUT2D eigenvalue weighted by Crippen LogP contribution is -2.33. The van der Waals surface area contributed by atoms with Gasteiger partial charge in [-0.05, 0) is 68.5 Å². The first-order valence-corrected chi connectivity index (χ1v) is 10.9. The summed E-state index contributed by atoms with van der Waals surface area (Å²) in [5.74, 6) is -0.106. The molecule has 1 aliphatic rings. The molecule has 0 spiro atoms. The number of nitrogens with zero attached hydrogens (tertiary/aromatic N) is 1. The number of amides is 3. The van der Waals surface area contributed by atoms with Crippen LogP contribution in [0.3, 0.4) is 0 Å². The molecule has 3 amide bonds. The Bertz CT molecular complexity index is 873. The molecule has 0 saturated carbocycles. The highest BCUT2D eigenvalue weighted by Crippen LogP contribution is 2.28. The molecule has 0 unspecified atom stereocenters. The molecule has 1 saturated heterocycles. The third-order valence-electron chi connectivity index (χ3n) is 5.56. The summed E-state index contributed by atoms with van der Waals surface area (Å²) in [7, 11) is 0. The van der Waals surface area contributed by atoms with Gasteiger partial charge in [-0.25, -0.2) is 4.79 Å². The number of carbonyl (C=O) groups is 2. The molecule has 1 atom stereocenters. The highest BCUT2D eigenvalue weighted by molar-refractivity contribution is 6.04. The van der Waals surface area contributed by atoms with Crippen LogP contribution in [0, 0.1) is 0 Å². The van der Waals surface area contributed by atoms with Crippen LogP contribution in [0.2, 0.25) is 0 Å². The molecule has 2 aromatic rings. The quantitative estimate of drug-likeness (QED) is 0.602. The Kier molecular flexibility index (Phi) is 7.33. The number of aryl methyl sites for hydroxylation is 1. The van der Waals surface area contributed by atoms with Crippen molar-refractivity contribution in [2.24, 2.45) is 0 Å². The van der Waals surface area contributed by atoms with Gasteiger partial charge in [0.25, 0.3) is 5.91 Å². The predicted octanol–water partition coefficient (Wildman–Crippen LogP) is 5.02. The molecule has 0 bridgehead atoms. The van der Waals surface area contributed by atoms with Crippen molar-refractivity contribution in [1.29, 1.82) is 0 Å². The molecular formula is C24H32N4O2. The van der Waals surface area contributed by atoms with Crippen molar-refractivity contribution >= 4 is 29.0 Å². The van der Waals surface area contributed by atoms with Crippen molar-refractivity contribution in [3.05, 3.63) is 53.6 Å². The molecule has 3 N–H and O–H groups in total. The summed E-state index contributed by atoms with van der Waals surface area (Å²) >= 11 is 0. The normalized spacial score (nSPS) is 14.3. The Morgan fingerprint density at radius 3 is 2.23 bits per heavy atom. The standard InChI is InChI=1S/C24H32N4O2/c1-4-17(3)25-23(29)21-16-20(12-13-22(21)28-14-6-7-15-28)27-24(30)26-19-10-8-18(5-2)9-11-19/h8-13,16-17H,4-7,14-15H2,1-3H3,(H,25,29)(H2,26,27,30)/t17-/m0/s1. The maximum Gasteiger partial charge on any atom is 0.323 e. The number of carbonyl (C=O) groups excluding carboxylic acids is 2. The van der Waals surface area contributed by atoms with Crippen LogP contribution in [-0.2, 0) is 6.42 Å². The largest absolute Gasteiger partial charge is 0.371 e. The van der Waals surface area contributed by atoms with Crippen molar-refractivity contribution in [2.45, 2.75) is 52.5 Å². The first kappa shape index (κ1) is 21.7. The summed E-state index contributed by atoms with van der Waals surface area (Å²) < 4.78 is 0. The minimum Gasteiger partial charge on any atom is -0.371 e. The van der Waals surface area contributed by atoms with Gasteiger partial charge in [-0.1, -0.05) is 26.0 Å². The Morgan fingerprint density at radius 2 is 1.60 bits per heavy atom. The maximum absolute atomic E-state index is 12.9. The maximum atomic E-state index is 12.9. The van der Waals surface area contributed by atoms with Crippen LogP contribution in [0.4, 0.5) is 21.9 Å². The molecular weight excluding hydrogens is 376 g/mol. The minimum atomic E-state index is -0.332. The molecule has 6 nitrogen and oxygen atoms in total. The first-order valence-electron chi connectivity index (χ1n) is 10.9. The lowest BCUT2D eigenvalue weighted by atomic mass is 10.1. The zero-order valence-corrected chi connectivity index (χ0v) is 18.1. The predicted molar refractivity (Wildman–Crippen MR) is 124 cm³/mol. The van der Waals surface area contributed by atoms with Gasteiger partial charge in [0.1, 0.15) is 0 Å². The molecule has 3 rings (SSSR count). The lowest BCUT2D eigenvalue weighted by molar-refractivity contribution is 0.0939. The van der Waals surface area contributed by atoms with Crippen molar-refractivity contribution in [3.8, 4) is 0 Å². The van der Waals surface area contributed by atoms with Crippen LogP contribution in [0.25, 0.3) is 0 Å². The molecule has 6 heteroatoms. The van der Waals surface area contributed by atoms with Gasteiger partial charge in [0, 0.05) is 36.2 Å². The third kappa shape index (κ3) is 5.53. The van der Waals surface area contributed by atoms with Gasteiger partial charge in [0.2, 0.25) is 0 Å². The van der Waals surface area contributed by atoms with Crippen LogP contribution in [-0.4, -0.2) is 31.1 Å². The highest BCUT2D eigenvalue weighted by atomic mass is 16.2. The van der Waals surface area contributed by atoms with E-state index in [0.717, 1.165) is 50.1 Å². The number of benzene rings is 2. The number of urea groups is 1. The van der Waals surface area contributed by atoms with Crippen molar-refractivity contribution in [2.75, 3.05) is 28.6 Å². The molecule has 160 valence electrons. The van der Waals surface area contributed by atoms with E-state index in [-0.39, 0.29) is 18.0 Å². The summed E-state index contributed by atoms with van der Waals surface area (Å²) in [6, 6.07) is 13.1. The Labute approximate surface area is 179 Å². The molecule has 0 radical (unpaired) electrons. The van der Waals surface area contributed by atoms with E-state index in [2.05, 4.69) is 27.8 Å². The highest BCUT2D eigenvalue weighted by Gasteiger charge is 2.21. The van der Waals surface area contributed by atoms with E-state index in [9.17, 15) is 9.59 Å². The SMILES string of the molecule is CCc1ccc(NC(=O)Nc2ccc(N3CCCC3)c(C(=O)N[C@@H](C)CC)c2)cc1. The van der Waals surface area contributed by atoms with Gasteiger partial charge in [-0.2, -0.15) is 0 Å². The number of hydrogen-bond acceptors (Lipinski definition) is 3. The summed E-state index contributed by atoms with van der Waals surface area (Å²) in [4.78, 5) is 27.6. The van der Waals surface area contributed by atoms with Gasteiger partial charge < -0.3 is 20.9 Å². The van der Waals surface area contributed by atoms with Crippen LogP contribution in [0.1, 0.15) is 56.0 Å². The van der Waals surface area contributed by atoms with Crippen molar-refractivity contribution < 1.29 is 9.59 Å². The minimum absolute atomic E-state index is 0.0925. The molecule has 1 heterocycles. The van der Waals surface area contributed by atoms with E-state index in [1.54, 1.807) is 6.07 Å². The van der Waals surface area contributed by atoms with Crippen molar-refractivity contribution in [1.82, 2.24) is 5.32 Å². The lowest BCUT2D eigenvalue weighted by Gasteiger charge is -2.23. The van der Waals surface area contributed by atoms with E-state index >= 15 is 0 Å². The molecule has 0 aromatic heterocycles. The Hall–Kier alpha value is -3.02. The van der Waals surface area contributed by atoms with Gasteiger partial charge >= 0.3 is 6.03 Å². The fourth-order valence-corrected chi connectivity index (χ4v) is 3.55. The van der Waals surface area contributed by atoms with Gasteiger partial charge in [-0.15, -0.1) is 0 Å². The van der Waals surface area contributed by atoms with E-state index in [1.165, 1.54) is 5.56 Å². The molecule has 1 fully saturated rings. The zero-order valence-electron chi connectivity index (χ0n) is 18.1. The van der Waals surface area contributed by atoms with Gasteiger partial charge in [0.15, 0.2) is 0 Å². The van der Waals surface area contributed by atoms with Crippen LogP contribution in [0.15, 0.2) is 42.5 Å². The topological polar surface area (TPSA) is 73.5 Å². The van der Waals surface area contributed by atoms with Crippen LogP contribution in [0.5, 0.6) is 0 Å². The zero-order chi connectivity index (χ0) is 21.5. The first-order chi connectivity index (χ1) is 14.5. The average molecular weight is 409 g/mol. The van der Waals surface area contributed by atoms with E-state index in [4.69, 9.17) is 0 Å². The molecule has 2 aromatic carbocycles. The second-order valence-electron chi connectivity index (χ2n) is 7.84. The fraction of sp³-hybridized carbons (Fsp3) is 0.417. The number of anilines is 3.